The van der Waals surface area contributed by atoms with Crippen LogP contribution in [0, 0.1) is 0 Å². The van der Waals surface area contributed by atoms with Gasteiger partial charge in [0.05, 0.1) is 51.3 Å². The molecule has 0 aliphatic rings. The number of hydrogen-bond acceptors (Lipinski definition) is 7. The Balaban J connectivity index is 1.66. The van der Waals surface area contributed by atoms with E-state index >= 15 is 0 Å². The van der Waals surface area contributed by atoms with Crippen LogP contribution in [0.3, 0.4) is 0 Å². The van der Waals surface area contributed by atoms with Gasteiger partial charge in [0.15, 0.2) is 17.5 Å². The van der Waals surface area contributed by atoms with Crippen LogP contribution < -0.4 is 19.5 Å². The second-order valence-corrected chi connectivity index (χ2v) is 8.35. The molecule has 1 heterocycles. The Morgan fingerprint density at radius 3 is 2.18 bits per heavy atom. The number of ether oxygens (including phenoxy) is 4. The lowest BCUT2D eigenvalue weighted by Gasteiger charge is -2.17. The van der Waals surface area contributed by atoms with Gasteiger partial charge in [-0.15, -0.1) is 0 Å². The highest BCUT2D eigenvalue weighted by molar-refractivity contribution is 6.08. The molecule has 0 radical (unpaired) electrons. The molecule has 1 amide bonds. The molecule has 0 saturated heterocycles. The van der Waals surface area contributed by atoms with Gasteiger partial charge in [0.2, 0.25) is 5.75 Å². The Morgan fingerprint density at radius 2 is 1.55 bits per heavy atom. The van der Waals surface area contributed by atoms with Gasteiger partial charge in [-0.2, -0.15) is 0 Å². The number of para-hydroxylation sites is 1. The number of nitrogens with zero attached hydrogens (tertiary/aromatic N) is 1. The Morgan fingerprint density at radius 1 is 0.895 bits per heavy atom. The minimum absolute atomic E-state index is 0.196. The van der Waals surface area contributed by atoms with Crippen molar-refractivity contribution in [1.29, 1.82) is 0 Å². The zero-order valence-corrected chi connectivity index (χ0v) is 21.3. The van der Waals surface area contributed by atoms with Crippen LogP contribution in [0.5, 0.6) is 17.2 Å². The van der Waals surface area contributed by atoms with Crippen LogP contribution in [0.25, 0.3) is 22.2 Å². The molecule has 3 aromatic carbocycles. The fourth-order valence-electron chi connectivity index (χ4n) is 4.02. The Hall–Kier alpha value is -4.63. The quantitative estimate of drug-likeness (QED) is 0.303. The molecule has 0 aliphatic heterocycles. The number of aliphatic carboxylic acids is 1. The van der Waals surface area contributed by atoms with Gasteiger partial charge in [-0.1, -0.05) is 48.5 Å². The molecular formula is C29H28N2O7. The lowest BCUT2D eigenvalue weighted by atomic mass is 10.0. The summed E-state index contributed by atoms with van der Waals surface area (Å²) < 4.78 is 21.9. The maximum absolute atomic E-state index is 13.4. The first kappa shape index (κ1) is 26.4. The largest absolute Gasteiger partial charge is 0.493 e. The predicted octanol–water partition coefficient (Wildman–Crippen LogP) is 4.33. The van der Waals surface area contributed by atoms with Gasteiger partial charge in [0.1, 0.15) is 0 Å². The molecule has 9 nitrogen and oxygen atoms in total. The minimum Gasteiger partial charge on any atom is -0.493 e. The summed E-state index contributed by atoms with van der Waals surface area (Å²) in [6.07, 6.45) is 0. The molecule has 0 unspecified atom stereocenters. The highest BCUT2D eigenvalue weighted by Crippen LogP contribution is 2.41. The fourth-order valence-corrected chi connectivity index (χ4v) is 4.02. The van der Waals surface area contributed by atoms with E-state index in [9.17, 15) is 14.7 Å². The molecule has 0 bridgehead atoms. The summed E-state index contributed by atoms with van der Waals surface area (Å²) in [4.78, 5) is 30.0. The number of benzene rings is 3. The van der Waals surface area contributed by atoms with E-state index in [4.69, 9.17) is 23.9 Å². The first-order valence-electron chi connectivity index (χ1n) is 11.8. The van der Waals surface area contributed by atoms with Gasteiger partial charge in [0.25, 0.3) is 5.91 Å². The van der Waals surface area contributed by atoms with Gasteiger partial charge >= 0.3 is 5.97 Å². The van der Waals surface area contributed by atoms with Crippen molar-refractivity contribution in [1.82, 2.24) is 10.3 Å². The molecule has 38 heavy (non-hydrogen) atoms. The maximum Gasteiger partial charge on any atom is 0.328 e. The van der Waals surface area contributed by atoms with Crippen LogP contribution in [0.2, 0.25) is 0 Å². The summed E-state index contributed by atoms with van der Waals surface area (Å²) in [6.45, 7) is 0.0304. The molecule has 0 saturated carbocycles. The van der Waals surface area contributed by atoms with Crippen molar-refractivity contribution in [2.45, 2.75) is 12.6 Å². The van der Waals surface area contributed by atoms with E-state index < -0.39 is 17.9 Å². The number of fused-ring (bicyclic) bond motifs is 1. The summed E-state index contributed by atoms with van der Waals surface area (Å²) in [5, 5.41) is 12.9. The number of carbonyl (C=O) groups is 2. The summed E-state index contributed by atoms with van der Waals surface area (Å²) in [6, 6.07) is 20.4. The molecule has 1 aromatic heterocycles. The van der Waals surface area contributed by atoms with Crippen molar-refractivity contribution < 1.29 is 33.6 Å². The number of aromatic nitrogens is 1. The van der Waals surface area contributed by atoms with Crippen molar-refractivity contribution in [2.24, 2.45) is 0 Å². The second kappa shape index (κ2) is 12.1. The van der Waals surface area contributed by atoms with Crippen LogP contribution in [0.4, 0.5) is 0 Å². The average Bonchev–Trinajstić information content (AvgIpc) is 2.95. The summed E-state index contributed by atoms with van der Waals surface area (Å²) >= 11 is 0. The fraction of sp³-hybridized carbons (Fsp3) is 0.207. The number of hydrogen-bond donors (Lipinski definition) is 2. The van der Waals surface area contributed by atoms with Crippen LogP contribution in [0.15, 0.2) is 72.8 Å². The van der Waals surface area contributed by atoms with E-state index in [2.05, 4.69) is 5.32 Å². The van der Waals surface area contributed by atoms with Crippen LogP contribution >= 0.6 is 0 Å². The molecule has 0 spiro atoms. The molecule has 196 valence electrons. The van der Waals surface area contributed by atoms with Gasteiger partial charge in [-0.3, -0.25) is 4.79 Å². The zero-order chi connectivity index (χ0) is 27.1. The molecule has 4 aromatic rings. The molecule has 4 rings (SSSR count). The van der Waals surface area contributed by atoms with Crippen LogP contribution in [-0.4, -0.2) is 55.9 Å². The van der Waals surface area contributed by atoms with Crippen molar-refractivity contribution in [3.63, 3.8) is 0 Å². The van der Waals surface area contributed by atoms with E-state index in [1.54, 1.807) is 36.4 Å². The van der Waals surface area contributed by atoms with Gasteiger partial charge in [-0.25, -0.2) is 9.78 Å². The van der Waals surface area contributed by atoms with Crippen molar-refractivity contribution >= 4 is 22.8 Å². The van der Waals surface area contributed by atoms with Crippen molar-refractivity contribution in [3.05, 3.63) is 83.9 Å². The molecule has 2 N–H and O–H groups in total. The number of pyridine rings is 1. The third-order valence-electron chi connectivity index (χ3n) is 5.92. The average molecular weight is 517 g/mol. The number of rotatable bonds is 11. The van der Waals surface area contributed by atoms with E-state index in [-0.39, 0.29) is 18.8 Å². The molecule has 0 fully saturated rings. The predicted molar refractivity (Wildman–Crippen MR) is 142 cm³/mol. The molecule has 9 heteroatoms. The molecule has 1 atom stereocenters. The van der Waals surface area contributed by atoms with Gasteiger partial charge in [-0.05, 0) is 29.8 Å². The smallest absolute Gasteiger partial charge is 0.328 e. The second-order valence-electron chi connectivity index (χ2n) is 8.35. The topological polar surface area (TPSA) is 116 Å². The number of carboxylic acid groups (broad SMARTS) is 1. The minimum atomic E-state index is -1.25. The van der Waals surface area contributed by atoms with Gasteiger partial charge < -0.3 is 29.4 Å². The number of methoxy groups -OCH3 is 3. The monoisotopic (exact) mass is 516 g/mol. The van der Waals surface area contributed by atoms with Gasteiger partial charge in [0, 0.05) is 10.9 Å². The first-order chi connectivity index (χ1) is 18.4. The van der Waals surface area contributed by atoms with Crippen LogP contribution in [0.1, 0.15) is 15.9 Å². The number of carbonyl (C=O) groups excluding carboxylic acids is 1. The summed E-state index contributed by atoms with van der Waals surface area (Å²) in [5.41, 5.74) is 2.84. The maximum atomic E-state index is 13.4. The Kier molecular flexibility index (Phi) is 8.40. The summed E-state index contributed by atoms with van der Waals surface area (Å²) in [7, 11) is 4.54. The van der Waals surface area contributed by atoms with Crippen molar-refractivity contribution in [2.75, 3.05) is 27.9 Å². The third kappa shape index (κ3) is 5.84. The van der Waals surface area contributed by atoms with E-state index in [0.717, 1.165) is 5.56 Å². The standard InChI is InChI=1S/C29H28N2O7/c1-35-25-13-19(14-26(36-2)27(25)37-3)23-15-21(20-11-7-8-12-22(20)30-23)28(32)31-24(29(33)34)17-38-16-18-9-5-4-6-10-18/h4-15,24H,16-17H2,1-3H3,(H,31,32)(H,33,34)/t24-/m0/s1. The third-order valence-corrected chi connectivity index (χ3v) is 5.92. The number of nitrogens with one attached hydrogen (secondary N) is 1. The zero-order valence-electron chi connectivity index (χ0n) is 21.3. The van der Waals surface area contributed by atoms with E-state index in [1.165, 1.54) is 21.3 Å². The van der Waals surface area contributed by atoms with E-state index in [0.29, 0.717) is 39.4 Å². The SMILES string of the molecule is COc1cc(-c2cc(C(=O)N[C@@H](COCc3ccccc3)C(=O)O)c3ccccc3n2)cc(OC)c1OC. The Labute approximate surface area is 219 Å². The summed E-state index contributed by atoms with van der Waals surface area (Å²) in [5.74, 6) is -0.464. The molecular weight excluding hydrogens is 488 g/mol. The first-order valence-corrected chi connectivity index (χ1v) is 11.8. The number of amides is 1. The molecule has 0 aliphatic carbocycles. The van der Waals surface area contributed by atoms with Crippen LogP contribution in [-0.2, 0) is 16.1 Å². The lowest BCUT2D eigenvalue weighted by Crippen LogP contribution is -2.44. The number of carboxylic acids is 1. The Bertz CT molecular complexity index is 1410. The highest BCUT2D eigenvalue weighted by Gasteiger charge is 2.24. The normalized spacial score (nSPS) is 11.6. The van der Waals surface area contributed by atoms with Crippen molar-refractivity contribution in [3.8, 4) is 28.5 Å². The van der Waals surface area contributed by atoms with E-state index in [1.807, 2.05) is 36.4 Å². The lowest BCUT2D eigenvalue weighted by molar-refractivity contribution is -0.141. The highest BCUT2D eigenvalue weighted by atomic mass is 16.5.